The Balaban J connectivity index is 1.71. The zero-order valence-corrected chi connectivity index (χ0v) is 15.1. The summed E-state index contributed by atoms with van der Waals surface area (Å²) in [5, 5.41) is 6.05. The molecule has 0 atom stereocenters. The Morgan fingerprint density at radius 2 is 1.28 bits per heavy atom. The van der Waals surface area contributed by atoms with Gasteiger partial charge in [-0.05, 0) is 55.5 Å². The summed E-state index contributed by atoms with van der Waals surface area (Å²) in [6.07, 6.45) is 0. The molecule has 2 aromatic carbocycles. The molecule has 0 aliphatic carbocycles. The number of thioether (sulfide) groups is 1. The minimum absolute atomic E-state index is 0.0277. The van der Waals surface area contributed by atoms with Crippen LogP contribution in [0.15, 0.2) is 48.5 Å². The van der Waals surface area contributed by atoms with E-state index in [2.05, 4.69) is 10.6 Å². The first-order chi connectivity index (χ1) is 11.9. The van der Waals surface area contributed by atoms with E-state index in [1.807, 2.05) is 0 Å². The number of rotatable bonds is 7. The van der Waals surface area contributed by atoms with Crippen molar-refractivity contribution in [1.82, 2.24) is 0 Å². The molecule has 25 heavy (non-hydrogen) atoms. The highest BCUT2D eigenvalue weighted by Crippen LogP contribution is 2.14. The second-order valence-corrected chi connectivity index (χ2v) is 6.65. The number of carbonyl (C=O) groups excluding carboxylic acids is 3. The van der Waals surface area contributed by atoms with Gasteiger partial charge in [0.25, 0.3) is 0 Å². The van der Waals surface area contributed by atoms with Gasteiger partial charge in [-0.3, -0.25) is 14.4 Å². The summed E-state index contributed by atoms with van der Waals surface area (Å²) in [6, 6.07) is 13.5. The summed E-state index contributed by atoms with van der Waals surface area (Å²) >= 11 is 6.99. The molecular weight excluding hydrogens is 360 g/mol. The van der Waals surface area contributed by atoms with E-state index >= 15 is 0 Å². The number of ketones is 1. The molecule has 2 amide bonds. The predicted octanol–water partition coefficient (Wildman–Crippen LogP) is 3.85. The lowest BCUT2D eigenvalue weighted by atomic mass is 10.1. The number of hydrogen-bond donors (Lipinski definition) is 2. The first kappa shape index (κ1) is 19.0. The normalized spacial score (nSPS) is 10.2. The van der Waals surface area contributed by atoms with Gasteiger partial charge in [-0.2, -0.15) is 0 Å². The fraction of sp³-hybridized carbons (Fsp3) is 0.167. The lowest BCUT2D eigenvalue weighted by Gasteiger charge is -2.07. The van der Waals surface area contributed by atoms with Gasteiger partial charge in [0.2, 0.25) is 11.8 Å². The Morgan fingerprint density at radius 3 is 1.72 bits per heavy atom. The molecule has 0 saturated heterocycles. The van der Waals surface area contributed by atoms with Gasteiger partial charge in [-0.1, -0.05) is 11.6 Å². The van der Waals surface area contributed by atoms with Crippen molar-refractivity contribution < 1.29 is 14.4 Å². The molecule has 0 bridgehead atoms. The minimum Gasteiger partial charge on any atom is -0.325 e. The van der Waals surface area contributed by atoms with Crippen LogP contribution in [0.3, 0.4) is 0 Å². The maximum absolute atomic E-state index is 11.9. The molecule has 0 heterocycles. The van der Waals surface area contributed by atoms with Crippen LogP contribution in [0.5, 0.6) is 0 Å². The van der Waals surface area contributed by atoms with Crippen molar-refractivity contribution in [3.63, 3.8) is 0 Å². The molecule has 0 radical (unpaired) electrons. The van der Waals surface area contributed by atoms with Crippen molar-refractivity contribution in [3.8, 4) is 0 Å². The molecule has 0 saturated carbocycles. The highest BCUT2D eigenvalue weighted by molar-refractivity contribution is 8.00. The lowest BCUT2D eigenvalue weighted by molar-refractivity contribution is -0.114. The Hall–Kier alpha value is -2.31. The molecular formula is C18H17ClN2O3S. The minimum atomic E-state index is -0.208. The van der Waals surface area contributed by atoms with E-state index in [9.17, 15) is 14.4 Å². The molecule has 2 rings (SSSR count). The molecule has 0 aliphatic rings. The van der Waals surface area contributed by atoms with Crippen molar-refractivity contribution in [2.45, 2.75) is 6.92 Å². The number of hydrogen-bond acceptors (Lipinski definition) is 4. The molecule has 5 nitrogen and oxygen atoms in total. The summed E-state index contributed by atoms with van der Waals surface area (Å²) in [6.45, 7) is 1.49. The van der Waals surface area contributed by atoms with E-state index in [0.29, 0.717) is 22.0 Å². The Bertz CT molecular complexity index is 761. The maximum atomic E-state index is 11.9. The van der Waals surface area contributed by atoms with Crippen LogP contribution in [0.25, 0.3) is 0 Å². The van der Waals surface area contributed by atoms with Gasteiger partial charge in [0.05, 0.1) is 11.5 Å². The summed E-state index contributed by atoms with van der Waals surface area (Å²) in [5.74, 6) is -0.104. The first-order valence-corrected chi connectivity index (χ1v) is 9.01. The molecule has 2 aromatic rings. The van der Waals surface area contributed by atoms with Gasteiger partial charge in [0, 0.05) is 22.0 Å². The SMILES string of the molecule is CC(=O)c1ccc(NC(=O)CSCC(=O)Nc2ccc(Cl)cc2)cc1. The van der Waals surface area contributed by atoms with Crippen molar-refractivity contribution in [3.05, 3.63) is 59.1 Å². The second-order valence-electron chi connectivity index (χ2n) is 5.23. The van der Waals surface area contributed by atoms with Crippen LogP contribution in [-0.2, 0) is 9.59 Å². The average Bonchev–Trinajstić information content (AvgIpc) is 2.57. The fourth-order valence-corrected chi connectivity index (χ4v) is 2.70. The zero-order valence-electron chi connectivity index (χ0n) is 13.5. The van der Waals surface area contributed by atoms with Crippen molar-refractivity contribution in [2.24, 2.45) is 0 Å². The van der Waals surface area contributed by atoms with Gasteiger partial charge >= 0.3 is 0 Å². The molecule has 130 valence electrons. The van der Waals surface area contributed by atoms with Gasteiger partial charge in [-0.25, -0.2) is 0 Å². The van der Waals surface area contributed by atoms with Crippen molar-refractivity contribution in [2.75, 3.05) is 22.1 Å². The van der Waals surface area contributed by atoms with E-state index in [1.165, 1.54) is 18.7 Å². The van der Waals surface area contributed by atoms with Gasteiger partial charge < -0.3 is 10.6 Å². The molecule has 2 N–H and O–H groups in total. The zero-order chi connectivity index (χ0) is 18.2. The summed E-state index contributed by atoms with van der Waals surface area (Å²) in [7, 11) is 0. The van der Waals surface area contributed by atoms with E-state index < -0.39 is 0 Å². The van der Waals surface area contributed by atoms with Gasteiger partial charge in [0.1, 0.15) is 0 Å². The Kier molecular flexibility index (Phi) is 7.03. The molecule has 0 spiro atoms. The molecule has 0 unspecified atom stereocenters. The largest absolute Gasteiger partial charge is 0.325 e. The summed E-state index contributed by atoms with van der Waals surface area (Å²) in [4.78, 5) is 34.9. The number of nitrogens with one attached hydrogen (secondary N) is 2. The number of anilines is 2. The van der Waals surface area contributed by atoms with E-state index in [0.717, 1.165) is 0 Å². The smallest absolute Gasteiger partial charge is 0.234 e. The van der Waals surface area contributed by atoms with Crippen LogP contribution in [0.2, 0.25) is 5.02 Å². The summed E-state index contributed by atoms with van der Waals surface area (Å²) in [5.41, 5.74) is 1.86. The lowest BCUT2D eigenvalue weighted by Crippen LogP contribution is -2.18. The second kappa shape index (κ2) is 9.25. The van der Waals surface area contributed by atoms with Crippen LogP contribution in [0.1, 0.15) is 17.3 Å². The number of benzene rings is 2. The fourth-order valence-electron chi connectivity index (χ4n) is 1.95. The van der Waals surface area contributed by atoms with Crippen LogP contribution < -0.4 is 10.6 Å². The van der Waals surface area contributed by atoms with Gasteiger partial charge in [0.15, 0.2) is 5.78 Å². The van der Waals surface area contributed by atoms with E-state index in [-0.39, 0.29) is 29.1 Å². The monoisotopic (exact) mass is 376 g/mol. The Labute approximate surface area is 155 Å². The van der Waals surface area contributed by atoms with Crippen LogP contribution in [0, 0.1) is 0 Å². The van der Waals surface area contributed by atoms with E-state index in [4.69, 9.17) is 11.6 Å². The molecule has 0 aliphatic heterocycles. The molecule has 7 heteroatoms. The third-order valence-electron chi connectivity index (χ3n) is 3.17. The van der Waals surface area contributed by atoms with Crippen LogP contribution in [0.4, 0.5) is 11.4 Å². The van der Waals surface area contributed by atoms with Crippen molar-refractivity contribution in [1.29, 1.82) is 0 Å². The molecule has 0 aromatic heterocycles. The number of amides is 2. The standard InChI is InChI=1S/C18H17ClN2O3S/c1-12(22)13-2-6-15(7-3-13)20-17(23)10-25-11-18(24)21-16-8-4-14(19)5-9-16/h2-9H,10-11H2,1H3,(H,20,23)(H,21,24). The molecule has 0 fully saturated rings. The van der Waals surface area contributed by atoms with E-state index in [1.54, 1.807) is 48.5 Å². The van der Waals surface area contributed by atoms with Gasteiger partial charge in [-0.15, -0.1) is 11.8 Å². The highest BCUT2D eigenvalue weighted by atomic mass is 35.5. The average molecular weight is 377 g/mol. The highest BCUT2D eigenvalue weighted by Gasteiger charge is 2.07. The Morgan fingerprint density at radius 1 is 0.840 bits per heavy atom. The third-order valence-corrected chi connectivity index (χ3v) is 4.35. The van der Waals surface area contributed by atoms with Crippen LogP contribution >= 0.6 is 23.4 Å². The topological polar surface area (TPSA) is 75.3 Å². The summed E-state index contributed by atoms with van der Waals surface area (Å²) < 4.78 is 0. The maximum Gasteiger partial charge on any atom is 0.234 e. The van der Waals surface area contributed by atoms with Crippen LogP contribution in [-0.4, -0.2) is 29.1 Å². The predicted molar refractivity (Wildman–Crippen MR) is 102 cm³/mol. The third kappa shape index (κ3) is 6.60. The number of halogens is 1. The first-order valence-electron chi connectivity index (χ1n) is 7.48. The number of Topliss-reactive ketones (excluding diaryl/α,β-unsaturated/α-hetero) is 1. The quantitative estimate of drug-likeness (QED) is 0.719. The number of carbonyl (C=O) groups is 3. The van der Waals surface area contributed by atoms with Crippen molar-refractivity contribution >= 4 is 52.3 Å².